The molecule has 0 bridgehead atoms. The van der Waals surface area contributed by atoms with E-state index in [1.807, 2.05) is 0 Å². The van der Waals surface area contributed by atoms with E-state index in [1.165, 1.54) is 51.7 Å². The summed E-state index contributed by atoms with van der Waals surface area (Å²) in [6.07, 6.45) is 7.17. The molecule has 1 saturated heterocycles. The molecule has 2 heteroatoms. The molecule has 2 fully saturated rings. The van der Waals surface area contributed by atoms with E-state index in [0.29, 0.717) is 5.41 Å². The number of likely N-dealkylation sites (tertiary alicyclic amines) is 1. The Balaban J connectivity index is 1.76. The minimum Gasteiger partial charge on any atom is -0.313 e. The molecule has 1 heterocycles. The number of nitrogens with one attached hydrogen (secondary N) is 1. The van der Waals surface area contributed by atoms with Crippen LogP contribution >= 0.6 is 0 Å². The van der Waals surface area contributed by atoms with Gasteiger partial charge in [-0.15, -0.1) is 0 Å². The van der Waals surface area contributed by atoms with Gasteiger partial charge in [0, 0.05) is 19.1 Å². The highest BCUT2D eigenvalue weighted by molar-refractivity contribution is 4.92. The smallest absolute Gasteiger partial charge is 0.0207 e. The van der Waals surface area contributed by atoms with Gasteiger partial charge in [0.1, 0.15) is 0 Å². The lowest BCUT2D eigenvalue weighted by atomic mass is 9.67. The van der Waals surface area contributed by atoms with Crippen LogP contribution in [0.1, 0.15) is 46.0 Å². The Kier molecular flexibility index (Phi) is 3.68. The van der Waals surface area contributed by atoms with Crippen molar-refractivity contribution in [2.24, 2.45) is 5.41 Å². The SMILES string of the molecule is CCNC1CCN(CC2(CC)CCC2)C1. The quantitative estimate of drug-likeness (QED) is 0.749. The van der Waals surface area contributed by atoms with Crippen molar-refractivity contribution in [1.29, 1.82) is 0 Å². The van der Waals surface area contributed by atoms with Gasteiger partial charge >= 0.3 is 0 Å². The Labute approximate surface area is 94.4 Å². The third kappa shape index (κ3) is 2.54. The fraction of sp³-hybridized carbons (Fsp3) is 1.00. The molecular weight excluding hydrogens is 184 g/mol. The molecular formula is C13H26N2. The minimum absolute atomic E-state index is 0.709. The van der Waals surface area contributed by atoms with Crippen molar-refractivity contribution in [3.05, 3.63) is 0 Å². The summed E-state index contributed by atoms with van der Waals surface area (Å²) in [5.74, 6) is 0. The fourth-order valence-corrected chi connectivity index (χ4v) is 3.21. The lowest BCUT2D eigenvalue weighted by Gasteiger charge is -2.44. The van der Waals surface area contributed by atoms with Crippen molar-refractivity contribution in [1.82, 2.24) is 10.2 Å². The zero-order valence-corrected chi connectivity index (χ0v) is 10.4. The molecule has 2 aliphatic rings. The van der Waals surface area contributed by atoms with Crippen molar-refractivity contribution in [3.8, 4) is 0 Å². The van der Waals surface area contributed by atoms with E-state index in [4.69, 9.17) is 0 Å². The Morgan fingerprint density at radius 1 is 1.33 bits per heavy atom. The minimum atomic E-state index is 0.709. The Bertz CT molecular complexity index is 193. The molecule has 0 spiro atoms. The van der Waals surface area contributed by atoms with E-state index < -0.39 is 0 Å². The van der Waals surface area contributed by atoms with Crippen molar-refractivity contribution >= 4 is 0 Å². The van der Waals surface area contributed by atoms with Gasteiger partial charge in [-0.3, -0.25) is 0 Å². The molecule has 2 nitrogen and oxygen atoms in total. The van der Waals surface area contributed by atoms with Crippen LogP contribution in [0.15, 0.2) is 0 Å². The summed E-state index contributed by atoms with van der Waals surface area (Å²) in [7, 11) is 0. The maximum atomic E-state index is 3.57. The van der Waals surface area contributed by atoms with Gasteiger partial charge in [0.05, 0.1) is 0 Å². The predicted octanol–water partition coefficient (Wildman–Crippen LogP) is 2.25. The van der Waals surface area contributed by atoms with Crippen molar-refractivity contribution < 1.29 is 0 Å². The topological polar surface area (TPSA) is 15.3 Å². The van der Waals surface area contributed by atoms with E-state index in [0.717, 1.165) is 12.6 Å². The third-order valence-electron chi connectivity index (χ3n) is 4.49. The number of likely N-dealkylation sites (N-methyl/N-ethyl adjacent to an activating group) is 1. The van der Waals surface area contributed by atoms with Gasteiger partial charge in [-0.25, -0.2) is 0 Å². The summed E-state index contributed by atoms with van der Waals surface area (Å²) in [5, 5.41) is 3.57. The maximum Gasteiger partial charge on any atom is 0.0207 e. The van der Waals surface area contributed by atoms with Crippen LogP contribution < -0.4 is 5.32 Å². The highest BCUT2D eigenvalue weighted by Crippen LogP contribution is 2.44. The van der Waals surface area contributed by atoms with Gasteiger partial charge in [0.25, 0.3) is 0 Å². The summed E-state index contributed by atoms with van der Waals surface area (Å²) in [4.78, 5) is 2.69. The second-order valence-corrected chi connectivity index (χ2v) is 5.49. The molecule has 15 heavy (non-hydrogen) atoms. The molecule has 1 atom stereocenters. The van der Waals surface area contributed by atoms with Crippen molar-refractivity contribution in [3.63, 3.8) is 0 Å². The normalized spacial score (nSPS) is 30.4. The highest BCUT2D eigenvalue weighted by atomic mass is 15.2. The number of hydrogen-bond donors (Lipinski definition) is 1. The first-order valence-corrected chi connectivity index (χ1v) is 6.74. The van der Waals surface area contributed by atoms with Gasteiger partial charge in [-0.1, -0.05) is 20.3 Å². The lowest BCUT2D eigenvalue weighted by Crippen LogP contribution is -2.42. The Hall–Kier alpha value is -0.0800. The van der Waals surface area contributed by atoms with Crippen LogP contribution in [0, 0.1) is 5.41 Å². The maximum absolute atomic E-state index is 3.57. The molecule has 0 aromatic carbocycles. The van der Waals surface area contributed by atoms with E-state index in [9.17, 15) is 0 Å². The van der Waals surface area contributed by atoms with Crippen LogP contribution in [0.4, 0.5) is 0 Å². The predicted molar refractivity (Wildman–Crippen MR) is 65.1 cm³/mol. The summed E-state index contributed by atoms with van der Waals surface area (Å²) in [5.41, 5.74) is 0.709. The van der Waals surface area contributed by atoms with Gasteiger partial charge < -0.3 is 10.2 Å². The molecule has 0 aromatic heterocycles. The average molecular weight is 210 g/mol. The summed E-state index contributed by atoms with van der Waals surface area (Å²) >= 11 is 0. The zero-order valence-electron chi connectivity index (χ0n) is 10.4. The van der Waals surface area contributed by atoms with E-state index in [1.54, 1.807) is 0 Å². The molecule has 0 amide bonds. The number of nitrogens with zero attached hydrogens (tertiary/aromatic N) is 1. The summed E-state index contributed by atoms with van der Waals surface area (Å²) in [6, 6.07) is 0.768. The Morgan fingerprint density at radius 3 is 2.67 bits per heavy atom. The molecule has 2 rings (SSSR count). The summed E-state index contributed by atoms with van der Waals surface area (Å²) in [6.45, 7) is 9.68. The van der Waals surface area contributed by atoms with E-state index in [2.05, 4.69) is 24.1 Å². The first kappa shape index (κ1) is 11.4. The van der Waals surface area contributed by atoms with E-state index >= 15 is 0 Å². The molecule has 0 radical (unpaired) electrons. The van der Waals surface area contributed by atoms with Crippen molar-refractivity contribution in [2.75, 3.05) is 26.2 Å². The van der Waals surface area contributed by atoms with Crippen molar-refractivity contribution in [2.45, 2.75) is 52.0 Å². The van der Waals surface area contributed by atoms with Crippen LogP contribution in [-0.4, -0.2) is 37.1 Å². The van der Waals surface area contributed by atoms with Gasteiger partial charge in [-0.05, 0) is 44.2 Å². The highest BCUT2D eigenvalue weighted by Gasteiger charge is 2.38. The molecule has 88 valence electrons. The molecule has 1 aliphatic heterocycles. The second kappa shape index (κ2) is 4.84. The lowest BCUT2D eigenvalue weighted by molar-refractivity contribution is 0.0723. The van der Waals surface area contributed by atoms with E-state index in [-0.39, 0.29) is 0 Å². The largest absolute Gasteiger partial charge is 0.313 e. The first-order valence-electron chi connectivity index (χ1n) is 6.74. The van der Waals surface area contributed by atoms with Crippen LogP contribution in [-0.2, 0) is 0 Å². The standard InChI is InChI=1S/C13H26N2/c1-3-13(7-5-8-13)11-15-9-6-12(10-15)14-4-2/h12,14H,3-11H2,1-2H3. The van der Waals surface area contributed by atoms with Gasteiger partial charge in [0.15, 0.2) is 0 Å². The molecule has 1 aliphatic carbocycles. The van der Waals surface area contributed by atoms with Gasteiger partial charge in [-0.2, -0.15) is 0 Å². The second-order valence-electron chi connectivity index (χ2n) is 5.49. The fourth-order valence-electron chi connectivity index (χ4n) is 3.21. The van der Waals surface area contributed by atoms with Crippen LogP contribution in [0.3, 0.4) is 0 Å². The van der Waals surface area contributed by atoms with Crippen LogP contribution in [0.2, 0.25) is 0 Å². The zero-order chi connectivity index (χ0) is 10.7. The number of rotatable bonds is 5. The molecule has 1 saturated carbocycles. The molecule has 1 N–H and O–H groups in total. The van der Waals surface area contributed by atoms with Gasteiger partial charge in [0.2, 0.25) is 0 Å². The van der Waals surface area contributed by atoms with Crippen LogP contribution in [0.25, 0.3) is 0 Å². The summed E-state index contributed by atoms with van der Waals surface area (Å²) < 4.78 is 0. The monoisotopic (exact) mass is 210 g/mol. The molecule has 1 unspecified atom stereocenters. The molecule has 0 aromatic rings. The Morgan fingerprint density at radius 2 is 2.13 bits per heavy atom. The first-order chi connectivity index (χ1) is 7.28. The number of hydrogen-bond acceptors (Lipinski definition) is 2. The average Bonchev–Trinajstić information content (AvgIpc) is 2.60. The van der Waals surface area contributed by atoms with Crippen LogP contribution in [0.5, 0.6) is 0 Å². The third-order valence-corrected chi connectivity index (χ3v) is 4.49.